The first kappa shape index (κ1) is 8.65. The lowest BCUT2D eigenvalue weighted by Gasteiger charge is -1.94. The molecule has 2 rings (SSSR count). The van der Waals surface area contributed by atoms with E-state index in [4.69, 9.17) is 11.6 Å². The average Bonchev–Trinajstić information content (AvgIpc) is 2.46. The number of halogens is 2. The molecule has 0 spiro atoms. The zero-order valence-electron chi connectivity index (χ0n) is 6.24. The number of hydrogen-bond acceptors (Lipinski definition) is 3. The molecular formula is C7H3BrClN3O. The maximum absolute atomic E-state index is 10.5. The van der Waals surface area contributed by atoms with Gasteiger partial charge < -0.3 is 0 Å². The Labute approximate surface area is 86.7 Å². The van der Waals surface area contributed by atoms with Gasteiger partial charge in [-0.3, -0.25) is 4.79 Å². The molecule has 0 fully saturated rings. The molecule has 0 bridgehead atoms. The standard InChI is InChI=1S/C7H3BrClN3O/c8-7-10-6-5(9)1-4(3-13)2-12(6)11-7/h1-3H. The molecule has 2 aromatic heterocycles. The molecule has 0 aliphatic rings. The summed E-state index contributed by atoms with van der Waals surface area (Å²) >= 11 is 8.97. The second-order valence-corrected chi connectivity index (χ2v) is 3.50. The molecule has 0 unspecified atom stereocenters. The van der Waals surface area contributed by atoms with E-state index in [1.54, 1.807) is 12.3 Å². The van der Waals surface area contributed by atoms with Gasteiger partial charge >= 0.3 is 0 Å². The first-order valence-electron chi connectivity index (χ1n) is 3.37. The van der Waals surface area contributed by atoms with E-state index in [2.05, 4.69) is 26.0 Å². The second-order valence-electron chi connectivity index (χ2n) is 2.39. The van der Waals surface area contributed by atoms with Gasteiger partial charge in [-0.1, -0.05) is 11.6 Å². The molecule has 0 saturated carbocycles. The highest BCUT2D eigenvalue weighted by atomic mass is 79.9. The molecule has 0 aromatic carbocycles. The minimum atomic E-state index is 0.405. The van der Waals surface area contributed by atoms with Crippen LogP contribution in [-0.4, -0.2) is 20.9 Å². The summed E-state index contributed by atoms with van der Waals surface area (Å²) in [7, 11) is 0. The van der Waals surface area contributed by atoms with Gasteiger partial charge in [0.15, 0.2) is 11.9 Å². The molecule has 0 N–H and O–H groups in total. The van der Waals surface area contributed by atoms with E-state index in [9.17, 15) is 4.79 Å². The number of fused-ring (bicyclic) bond motifs is 1. The normalized spacial score (nSPS) is 10.6. The second kappa shape index (κ2) is 3.08. The van der Waals surface area contributed by atoms with Crippen molar-refractivity contribution in [1.82, 2.24) is 14.6 Å². The highest BCUT2D eigenvalue weighted by Crippen LogP contribution is 2.18. The van der Waals surface area contributed by atoms with Gasteiger partial charge in [0.05, 0.1) is 5.02 Å². The monoisotopic (exact) mass is 259 g/mol. The smallest absolute Gasteiger partial charge is 0.218 e. The van der Waals surface area contributed by atoms with Gasteiger partial charge in [-0.25, -0.2) is 4.52 Å². The molecule has 6 heteroatoms. The summed E-state index contributed by atoms with van der Waals surface area (Å²) < 4.78 is 1.90. The Morgan fingerprint density at radius 1 is 1.62 bits per heavy atom. The fourth-order valence-electron chi connectivity index (χ4n) is 1.00. The third kappa shape index (κ3) is 1.45. The first-order valence-corrected chi connectivity index (χ1v) is 4.54. The van der Waals surface area contributed by atoms with Crippen molar-refractivity contribution in [2.24, 2.45) is 0 Å². The van der Waals surface area contributed by atoms with E-state index in [0.717, 1.165) is 0 Å². The number of carbonyl (C=O) groups is 1. The van der Waals surface area contributed by atoms with Crippen LogP contribution in [0, 0.1) is 0 Å². The van der Waals surface area contributed by atoms with Gasteiger partial charge in [-0.2, -0.15) is 4.98 Å². The van der Waals surface area contributed by atoms with Crippen LogP contribution in [0.15, 0.2) is 17.0 Å². The average molecular weight is 260 g/mol. The molecule has 0 atom stereocenters. The first-order chi connectivity index (χ1) is 6.20. The van der Waals surface area contributed by atoms with Crippen molar-refractivity contribution >= 4 is 39.5 Å². The topological polar surface area (TPSA) is 47.3 Å². The van der Waals surface area contributed by atoms with E-state index >= 15 is 0 Å². The number of nitrogens with zero attached hydrogens (tertiary/aromatic N) is 3. The minimum absolute atomic E-state index is 0.405. The summed E-state index contributed by atoms with van der Waals surface area (Å²) in [6, 6.07) is 1.55. The molecular weight excluding hydrogens is 257 g/mol. The largest absolute Gasteiger partial charge is 0.298 e. The van der Waals surface area contributed by atoms with Crippen LogP contribution in [0.2, 0.25) is 5.02 Å². The zero-order valence-corrected chi connectivity index (χ0v) is 8.58. The Morgan fingerprint density at radius 3 is 3.08 bits per heavy atom. The summed E-state index contributed by atoms with van der Waals surface area (Å²) in [5.74, 6) is 0. The van der Waals surface area contributed by atoms with E-state index in [1.807, 2.05) is 0 Å². The Morgan fingerprint density at radius 2 is 2.38 bits per heavy atom. The maximum atomic E-state index is 10.5. The molecule has 2 heterocycles. The number of aldehydes is 1. The molecule has 4 nitrogen and oxygen atoms in total. The van der Waals surface area contributed by atoms with Crippen molar-refractivity contribution in [3.8, 4) is 0 Å². The maximum Gasteiger partial charge on any atom is 0.218 e. The van der Waals surface area contributed by atoms with Gasteiger partial charge in [-0.05, 0) is 22.0 Å². The lowest BCUT2D eigenvalue weighted by atomic mass is 10.3. The zero-order chi connectivity index (χ0) is 9.42. The van der Waals surface area contributed by atoms with Crippen LogP contribution >= 0.6 is 27.5 Å². The molecule has 13 heavy (non-hydrogen) atoms. The van der Waals surface area contributed by atoms with Crippen LogP contribution < -0.4 is 0 Å². The van der Waals surface area contributed by atoms with Gasteiger partial charge in [0, 0.05) is 11.8 Å². The molecule has 0 amide bonds. The lowest BCUT2D eigenvalue weighted by molar-refractivity contribution is 0.112. The molecule has 0 aliphatic carbocycles. The van der Waals surface area contributed by atoms with Crippen molar-refractivity contribution in [2.45, 2.75) is 0 Å². The fourth-order valence-corrected chi connectivity index (χ4v) is 1.60. The highest BCUT2D eigenvalue weighted by Gasteiger charge is 2.06. The Kier molecular flexibility index (Phi) is 2.05. The summed E-state index contributed by atoms with van der Waals surface area (Å²) in [4.78, 5) is 14.5. The van der Waals surface area contributed by atoms with E-state index in [-0.39, 0.29) is 0 Å². The quantitative estimate of drug-likeness (QED) is 0.736. The molecule has 66 valence electrons. The lowest BCUT2D eigenvalue weighted by Crippen LogP contribution is -1.91. The molecule has 2 aromatic rings. The van der Waals surface area contributed by atoms with Gasteiger partial charge in [-0.15, -0.1) is 5.10 Å². The van der Waals surface area contributed by atoms with Crippen LogP contribution in [0.3, 0.4) is 0 Å². The van der Waals surface area contributed by atoms with Gasteiger partial charge in [0.2, 0.25) is 4.73 Å². The van der Waals surface area contributed by atoms with Crippen molar-refractivity contribution < 1.29 is 4.79 Å². The summed E-state index contributed by atoms with van der Waals surface area (Å²) in [5, 5.41) is 4.37. The minimum Gasteiger partial charge on any atom is -0.298 e. The van der Waals surface area contributed by atoms with E-state index in [1.165, 1.54) is 4.52 Å². The summed E-state index contributed by atoms with van der Waals surface area (Å²) in [6.07, 6.45) is 2.27. The van der Waals surface area contributed by atoms with Crippen molar-refractivity contribution in [1.29, 1.82) is 0 Å². The van der Waals surface area contributed by atoms with Crippen molar-refractivity contribution in [3.05, 3.63) is 27.6 Å². The number of hydrogen-bond donors (Lipinski definition) is 0. The number of rotatable bonds is 1. The molecule has 0 radical (unpaired) electrons. The third-order valence-electron chi connectivity index (χ3n) is 1.52. The number of aromatic nitrogens is 3. The number of pyridine rings is 1. The predicted octanol–water partition coefficient (Wildman–Crippen LogP) is 1.96. The van der Waals surface area contributed by atoms with Crippen LogP contribution in [0.4, 0.5) is 0 Å². The van der Waals surface area contributed by atoms with E-state index in [0.29, 0.717) is 27.3 Å². The highest BCUT2D eigenvalue weighted by molar-refractivity contribution is 9.10. The van der Waals surface area contributed by atoms with E-state index < -0.39 is 0 Å². The van der Waals surface area contributed by atoms with Gasteiger partial charge in [0.1, 0.15) is 0 Å². The van der Waals surface area contributed by atoms with Crippen LogP contribution in [-0.2, 0) is 0 Å². The fraction of sp³-hybridized carbons (Fsp3) is 0. The van der Waals surface area contributed by atoms with Crippen LogP contribution in [0.25, 0.3) is 5.65 Å². The van der Waals surface area contributed by atoms with Crippen LogP contribution in [0.1, 0.15) is 10.4 Å². The molecule has 0 saturated heterocycles. The Hall–Kier alpha value is -0.940. The Balaban J connectivity index is 2.82. The molecule has 0 aliphatic heterocycles. The predicted molar refractivity (Wildman–Crippen MR) is 51.1 cm³/mol. The van der Waals surface area contributed by atoms with Crippen LogP contribution in [0.5, 0.6) is 0 Å². The number of carbonyl (C=O) groups excluding carboxylic acids is 1. The summed E-state index contributed by atoms with van der Waals surface area (Å²) in [6.45, 7) is 0. The Bertz CT molecular complexity index is 482. The van der Waals surface area contributed by atoms with Gasteiger partial charge in [0.25, 0.3) is 0 Å². The summed E-state index contributed by atoms with van der Waals surface area (Å²) in [5.41, 5.74) is 0.994. The SMILES string of the molecule is O=Cc1cc(Cl)c2nc(Br)nn2c1. The van der Waals surface area contributed by atoms with Crippen molar-refractivity contribution in [3.63, 3.8) is 0 Å². The van der Waals surface area contributed by atoms with Crippen molar-refractivity contribution in [2.75, 3.05) is 0 Å². The third-order valence-corrected chi connectivity index (χ3v) is 2.13.